The molecule has 0 saturated carbocycles. The molecule has 3 heterocycles. The van der Waals surface area contributed by atoms with Crippen LogP contribution in [0.15, 0.2) is 36.4 Å². The zero-order valence-electron chi connectivity index (χ0n) is 16.2. The molecule has 5 rings (SSSR count). The second-order valence-corrected chi connectivity index (χ2v) is 7.74. The van der Waals surface area contributed by atoms with Gasteiger partial charge in [-0.3, -0.25) is 4.79 Å². The fourth-order valence-electron chi connectivity index (χ4n) is 4.36. The number of aryl methyl sites for hydroxylation is 1. The summed E-state index contributed by atoms with van der Waals surface area (Å²) < 4.78 is 23.7. The first-order chi connectivity index (χ1) is 13.5. The highest BCUT2D eigenvalue weighted by molar-refractivity contribution is 6.06. The van der Waals surface area contributed by atoms with Crippen molar-refractivity contribution < 1.29 is 23.7 Å². The van der Waals surface area contributed by atoms with E-state index in [1.54, 1.807) is 7.11 Å². The molecule has 3 aliphatic heterocycles. The van der Waals surface area contributed by atoms with Gasteiger partial charge in [0.2, 0.25) is 0 Å². The summed E-state index contributed by atoms with van der Waals surface area (Å²) in [6.07, 6.45) is 0.229. The first-order valence-electron chi connectivity index (χ1n) is 9.48. The first-order valence-corrected chi connectivity index (χ1v) is 9.48. The Balaban J connectivity index is 1.59. The number of carbonyl (C=O) groups excluding carboxylic acids is 1. The lowest BCUT2D eigenvalue weighted by Crippen LogP contribution is -2.43. The Labute approximate surface area is 163 Å². The highest BCUT2D eigenvalue weighted by Gasteiger charge is 2.45. The molecule has 144 valence electrons. The van der Waals surface area contributed by atoms with Crippen molar-refractivity contribution >= 4 is 5.78 Å². The highest BCUT2D eigenvalue weighted by Crippen LogP contribution is 2.48. The molecule has 0 N–H and O–H groups in total. The Bertz CT molecular complexity index is 1020. The summed E-state index contributed by atoms with van der Waals surface area (Å²) in [6.45, 7) is 8.25. The number of rotatable bonds is 2. The topological polar surface area (TPSA) is 54.0 Å². The molecule has 5 nitrogen and oxygen atoms in total. The minimum atomic E-state index is -0.400. The van der Waals surface area contributed by atoms with Gasteiger partial charge in [0.1, 0.15) is 41.8 Å². The summed E-state index contributed by atoms with van der Waals surface area (Å²) >= 11 is 0. The molecule has 0 aromatic heterocycles. The molecule has 5 heteroatoms. The molecule has 0 spiro atoms. The van der Waals surface area contributed by atoms with E-state index < -0.39 is 5.92 Å². The molecular formula is C23H22O5. The number of hydrogen-bond acceptors (Lipinski definition) is 5. The second kappa shape index (κ2) is 6.03. The predicted molar refractivity (Wildman–Crippen MR) is 104 cm³/mol. The third kappa shape index (κ3) is 2.35. The molecule has 0 fully saturated rings. The summed E-state index contributed by atoms with van der Waals surface area (Å²) in [7, 11) is 1.63. The van der Waals surface area contributed by atoms with Crippen molar-refractivity contribution in [2.45, 2.75) is 38.4 Å². The number of methoxy groups -OCH3 is 1. The Hall–Kier alpha value is -2.95. The summed E-state index contributed by atoms with van der Waals surface area (Å²) in [6, 6.07) is 7.52. The van der Waals surface area contributed by atoms with Crippen LogP contribution in [0.5, 0.6) is 23.0 Å². The first kappa shape index (κ1) is 17.2. The lowest BCUT2D eigenvalue weighted by Gasteiger charge is -2.37. The Morgan fingerprint density at radius 3 is 2.79 bits per heavy atom. The maximum absolute atomic E-state index is 13.5. The Kier molecular flexibility index (Phi) is 3.69. The van der Waals surface area contributed by atoms with Crippen LogP contribution in [0.25, 0.3) is 0 Å². The van der Waals surface area contributed by atoms with Crippen molar-refractivity contribution in [1.29, 1.82) is 0 Å². The number of ether oxygens (including phenoxy) is 4. The van der Waals surface area contributed by atoms with Gasteiger partial charge in [-0.05, 0) is 49.2 Å². The van der Waals surface area contributed by atoms with Crippen LogP contribution >= 0.6 is 0 Å². The molecule has 3 atom stereocenters. The van der Waals surface area contributed by atoms with Crippen molar-refractivity contribution in [1.82, 2.24) is 0 Å². The van der Waals surface area contributed by atoms with E-state index in [2.05, 4.69) is 6.58 Å². The van der Waals surface area contributed by atoms with Gasteiger partial charge in [-0.1, -0.05) is 6.58 Å². The van der Waals surface area contributed by atoms with Crippen LogP contribution in [0.2, 0.25) is 0 Å². The van der Waals surface area contributed by atoms with E-state index >= 15 is 0 Å². The Morgan fingerprint density at radius 1 is 1.21 bits per heavy atom. The molecule has 2 aromatic rings. The van der Waals surface area contributed by atoms with Crippen molar-refractivity contribution in [3.8, 4) is 23.0 Å². The summed E-state index contributed by atoms with van der Waals surface area (Å²) in [5.41, 5.74) is 4.32. The van der Waals surface area contributed by atoms with E-state index in [9.17, 15) is 4.79 Å². The smallest absolute Gasteiger partial charge is 0.178 e. The normalized spacial score (nSPS) is 24.0. The van der Waals surface area contributed by atoms with E-state index in [0.29, 0.717) is 24.3 Å². The molecule has 0 aliphatic carbocycles. The molecular weight excluding hydrogens is 356 g/mol. The van der Waals surface area contributed by atoms with Crippen LogP contribution in [0.1, 0.15) is 39.9 Å². The molecule has 0 amide bonds. The van der Waals surface area contributed by atoms with E-state index in [1.165, 1.54) is 0 Å². The Morgan fingerprint density at radius 2 is 2.04 bits per heavy atom. The quantitative estimate of drug-likeness (QED) is 0.740. The third-order valence-corrected chi connectivity index (χ3v) is 5.88. The van der Waals surface area contributed by atoms with Gasteiger partial charge in [-0.15, -0.1) is 0 Å². The molecule has 2 aromatic carbocycles. The van der Waals surface area contributed by atoms with E-state index in [-0.39, 0.29) is 18.0 Å². The number of hydrogen-bond donors (Lipinski definition) is 0. The lowest BCUT2D eigenvalue weighted by atomic mass is 9.81. The second-order valence-electron chi connectivity index (χ2n) is 7.74. The monoisotopic (exact) mass is 378 g/mol. The van der Waals surface area contributed by atoms with Crippen LogP contribution in [0.3, 0.4) is 0 Å². The molecule has 0 unspecified atom stereocenters. The van der Waals surface area contributed by atoms with Gasteiger partial charge in [0.25, 0.3) is 0 Å². The van der Waals surface area contributed by atoms with Gasteiger partial charge in [0, 0.05) is 17.5 Å². The molecule has 3 aliphatic rings. The van der Waals surface area contributed by atoms with Crippen molar-refractivity contribution in [3.05, 3.63) is 58.7 Å². The standard InChI is InChI=1S/C23H22O5/c1-11(2)17-9-15-16(27-17)6-5-13-22(24)21-14-8-18(25-4)12(3)7-19(14)26-10-20(21)28-23(13)15/h5-8,17,20-21H,1,9-10H2,2-4H3/t17-,20-,21+/m1/s1. The van der Waals surface area contributed by atoms with Gasteiger partial charge in [0.05, 0.1) is 18.6 Å². The number of benzene rings is 2. The zero-order chi connectivity index (χ0) is 19.6. The average Bonchev–Trinajstić information content (AvgIpc) is 3.12. The van der Waals surface area contributed by atoms with Crippen LogP contribution in [-0.2, 0) is 6.42 Å². The van der Waals surface area contributed by atoms with Crippen molar-refractivity contribution in [3.63, 3.8) is 0 Å². The van der Waals surface area contributed by atoms with E-state index in [4.69, 9.17) is 18.9 Å². The maximum atomic E-state index is 13.5. The predicted octanol–water partition coefficient (Wildman–Crippen LogP) is 4.00. The van der Waals surface area contributed by atoms with Gasteiger partial charge in [-0.25, -0.2) is 0 Å². The highest BCUT2D eigenvalue weighted by atomic mass is 16.5. The van der Waals surface area contributed by atoms with Crippen LogP contribution in [0.4, 0.5) is 0 Å². The lowest BCUT2D eigenvalue weighted by molar-refractivity contribution is 0.0555. The van der Waals surface area contributed by atoms with Gasteiger partial charge >= 0.3 is 0 Å². The fraction of sp³-hybridized carbons (Fsp3) is 0.348. The summed E-state index contributed by atoms with van der Waals surface area (Å²) in [4.78, 5) is 13.5. The largest absolute Gasteiger partial charge is 0.496 e. The number of Topliss-reactive ketones (excluding diaryl/α,β-unsaturated/α-hetero) is 1. The molecule has 0 radical (unpaired) electrons. The number of carbonyl (C=O) groups is 1. The summed E-state index contributed by atoms with van der Waals surface area (Å²) in [5.74, 6) is 2.54. The third-order valence-electron chi connectivity index (χ3n) is 5.88. The van der Waals surface area contributed by atoms with Crippen LogP contribution < -0.4 is 18.9 Å². The SMILES string of the molecule is C=C(C)[C@H]1Cc2c(ccc3c2O[C@@H]2COc4cc(C)c(OC)cc4[C@@H]2C3=O)O1. The fourth-order valence-corrected chi connectivity index (χ4v) is 4.36. The number of fused-ring (bicyclic) bond motifs is 6. The number of ketones is 1. The molecule has 0 saturated heterocycles. The van der Waals surface area contributed by atoms with E-state index in [1.807, 2.05) is 38.1 Å². The maximum Gasteiger partial charge on any atom is 0.178 e. The van der Waals surface area contributed by atoms with Crippen molar-refractivity contribution in [2.24, 2.45) is 0 Å². The van der Waals surface area contributed by atoms with Gasteiger partial charge in [-0.2, -0.15) is 0 Å². The molecule has 0 bridgehead atoms. The zero-order valence-corrected chi connectivity index (χ0v) is 16.2. The van der Waals surface area contributed by atoms with E-state index in [0.717, 1.165) is 39.5 Å². The van der Waals surface area contributed by atoms with Crippen LogP contribution in [0, 0.1) is 6.92 Å². The molecule has 28 heavy (non-hydrogen) atoms. The average molecular weight is 378 g/mol. The minimum Gasteiger partial charge on any atom is -0.496 e. The summed E-state index contributed by atoms with van der Waals surface area (Å²) in [5, 5.41) is 0. The van der Waals surface area contributed by atoms with Crippen LogP contribution in [-0.4, -0.2) is 31.7 Å². The van der Waals surface area contributed by atoms with Gasteiger partial charge in [0.15, 0.2) is 5.78 Å². The van der Waals surface area contributed by atoms with Crippen molar-refractivity contribution in [2.75, 3.05) is 13.7 Å². The minimum absolute atomic E-state index is 0.0586. The van der Waals surface area contributed by atoms with Gasteiger partial charge < -0.3 is 18.9 Å².